The van der Waals surface area contributed by atoms with Crippen LogP contribution < -0.4 is 10.0 Å². The number of imidazole rings is 1. The zero-order valence-electron chi connectivity index (χ0n) is 15.3. The van der Waals surface area contributed by atoms with Crippen molar-refractivity contribution in [2.45, 2.75) is 23.9 Å². The van der Waals surface area contributed by atoms with Crippen molar-refractivity contribution < 1.29 is 13.2 Å². The van der Waals surface area contributed by atoms with Gasteiger partial charge in [-0.1, -0.05) is 23.2 Å². The van der Waals surface area contributed by atoms with Crippen molar-refractivity contribution in [3.8, 4) is 0 Å². The van der Waals surface area contributed by atoms with E-state index in [0.717, 1.165) is 4.96 Å². The number of fused-ring (bicyclic) bond motifs is 1. The molecule has 0 saturated carbocycles. The van der Waals surface area contributed by atoms with Crippen LogP contribution in [-0.2, 0) is 21.4 Å². The Morgan fingerprint density at radius 3 is 2.90 bits per heavy atom. The number of rotatable bonds is 9. The monoisotopic (exact) mass is 492 g/mol. The Bertz CT molecular complexity index is 1090. The van der Waals surface area contributed by atoms with Gasteiger partial charge in [-0.25, -0.2) is 13.4 Å². The number of thioether (sulfide) groups is 1. The molecule has 1 amide bonds. The number of carbonyl (C=O) groups is 1. The van der Waals surface area contributed by atoms with Gasteiger partial charge in [0.25, 0.3) is 0 Å². The zero-order chi connectivity index (χ0) is 21.0. The summed E-state index contributed by atoms with van der Waals surface area (Å²) in [4.78, 5) is 17.8. The fourth-order valence-corrected chi connectivity index (χ4v) is 5.76. The van der Waals surface area contributed by atoms with Crippen LogP contribution in [0.3, 0.4) is 0 Å². The molecule has 0 radical (unpaired) electrons. The molecule has 156 valence electrons. The van der Waals surface area contributed by atoms with Gasteiger partial charge in [-0.15, -0.1) is 11.3 Å². The molecule has 2 N–H and O–H groups in total. The molecule has 0 aliphatic carbocycles. The van der Waals surface area contributed by atoms with Crippen LogP contribution in [-0.4, -0.2) is 41.8 Å². The van der Waals surface area contributed by atoms with Gasteiger partial charge < -0.3 is 5.32 Å². The number of hydrogen-bond donors (Lipinski definition) is 2. The predicted molar refractivity (Wildman–Crippen MR) is 118 cm³/mol. The van der Waals surface area contributed by atoms with E-state index in [4.69, 9.17) is 23.2 Å². The van der Waals surface area contributed by atoms with Gasteiger partial charge >= 0.3 is 0 Å². The lowest BCUT2D eigenvalue weighted by Gasteiger charge is -2.18. The number of aromatic nitrogens is 2. The van der Waals surface area contributed by atoms with Crippen molar-refractivity contribution >= 4 is 67.2 Å². The van der Waals surface area contributed by atoms with Crippen molar-refractivity contribution in [1.82, 2.24) is 19.4 Å². The first-order valence-corrected chi connectivity index (χ1v) is 13.0. The maximum Gasteiger partial charge on any atom is 0.242 e. The Balaban J connectivity index is 1.72. The topological polar surface area (TPSA) is 92.6 Å². The molecule has 0 saturated heterocycles. The summed E-state index contributed by atoms with van der Waals surface area (Å²) in [7, 11) is -4.04. The third kappa shape index (κ3) is 5.65. The molecule has 3 rings (SSSR count). The van der Waals surface area contributed by atoms with Crippen LogP contribution in [0.15, 0.2) is 40.9 Å². The summed E-state index contributed by atoms with van der Waals surface area (Å²) in [5.74, 6) is 0.168. The van der Waals surface area contributed by atoms with E-state index in [1.165, 1.54) is 41.3 Å². The largest absolute Gasteiger partial charge is 0.349 e. The van der Waals surface area contributed by atoms with Gasteiger partial charge in [0.1, 0.15) is 10.9 Å². The van der Waals surface area contributed by atoms with Gasteiger partial charge in [-0.3, -0.25) is 9.20 Å². The third-order valence-corrected chi connectivity index (χ3v) is 7.60. The molecular weight excluding hydrogens is 475 g/mol. The van der Waals surface area contributed by atoms with Gasteiger partial charge in [0, 0.05) is 22.8 Å². The lowest BCUT2D eigenvalue weighted by Crippen LogP contribution is -2.46. The van der Waals surface area contributed by atoms with Gasteiger partial charge in [-0.2, -0.15) is 16.5 Å². The van der Waals surface area contributed by atoms with Crippen LogP contribution in [0.25, 0.3) is 4.96 Å². The highest BCUT2D eigenvalue weighted by Crippen LogP contribution is 2.25. The maximum atomic E-state index is 12.8. The molecule has 2 heterocycles. The van der Waals surface area contributed by atoms with Crippen molar-refractivity contribution in [1.29, 1.82) is 0 Å². The quantitative estimate of drug-likeness (QED) is 0.477. The fraction of sp³-hybridized carbons (Fsp3) is 0.294. The zero-order valence-corrected chi connectivity index (χ0v) is 19.2. The van der Waals surface area contributed by atoms with Crippen LogP contribution in [0.5, 0.6) is 0 Å². The van der Waals surface area contributed by atoms with Gasteiger partial charge in [0.05, 0.1) is 17.3 Å². The fourth-order valence-electron chi connectivity index (χ4n) is 2.58. The average Bonchev–Trinajstić information content (AvgIpc) is 3.26. The molecule has 1 unspecified atom stereocenters. The summed E-state index contributed by atoms with van der Waals surface area (Å²) in [5, 5.41) is 4.94. The minimum absolute atomic E-state index is 0.0315. The molecule has 0 bridgehead atoms. The Morgan fingerprint density at radius 1 is 1.38 bits per heavy atom. The van der Waals surface area contributed by atoms with Gasteiger partial charge in [0.2, 0.25) is 15.9 Å². The van der Waals surface area contributed by atoms with Crippen molar-refractivity contribution in [2.75, 3.05) is 12.0 Å². The van der Waals surface area contributed by atoms with Gasteiger partial charge in [-0.05, 0) is 36.6 Å². The number of amides is 1. The van der Waals surface area contributed by atoms with Crippen molar-refractivity contribution in [3.05, 3.63) is 51.7 Å². The predicted octanol–water partition coefficient (Wildman–Crippen LogP) is 3.42. The molecule has 1 atom stereocenters. The molecule has 3 aromatic rings. The second-order valence-electron chi connectivity index (χ2n) is 6.07. The molecule has 0 spiro atoms. The van der Waals surface area contributed by atoms with E-state index in [2.05, 4.69) is 15.0 Å². The Labute approximate surface area is 186 Å². The van der Waals surface area contributed by atoms with E-state index in [9.17, 15) is 13.2 Å². The number of hydrogen-bond acceptors (Lipinski definition) is 6. The van der Waals surface area contributed by atoms with Gasteiger partial charge in [0.15, 0.2) is 4.96 Å². The highest BCUT2D eigenvalue weighted by atomic mass is 35.5. The number of halogens is 2. The van der Waals surface area contributed by atoms with Crippen LogP contribution in [0, 0.1) is 0 Å². The van der Waals surface area contributed by atoms with Crippen LogP contribution in [0.2, 0.25) is 10.0 Å². The lowest BCUT2D eigenvalue weighted by molar-refractivity contribution is -0.122. The molecule has 0 aliphatic rings. The van der Waals surface area contributed by atoms with E-state index in [1.54, 1.807) is 0 Å². The second-order valence-corrected chi connectivity index (χ2v) is 10.5. The average molecular weight is 493 g/mol. The van der Waals surface area contributed by atoms with Crippen LogP contribution >= 0.6 is 46.3 Å². The highest BCUT2D eigenvalue weighted by molar-refractivity contribution is 7.98. The normalized spacial score (nSPS) is 12.9. The van der Waals surface area contributed by atoms with E-state index < -0.39 is 22.0 Å². The minimum atomic E-state index is -4.04. The van der Waals surface area contributed by atoms with Crippen molar-refractivity contribution in [2.24, 2.45) is 0 Å². The van der Waals surface area contributed by atoms with E-state index >= 15 is 0 Å². The Morgan fingerprint density at radius 2 is 2.17 bits per heavy atom. The first-order chi connectivity index (χ1) is 13.8. The third-order valence-electron chi connectivity index (χ3n) is 3.99. The maximum absolute atomic E-state index is 12.8. The number of nitrogens with zero attached hydrogens (tertiary/aromatic N) is 2. The van der Waals surface area contributed by atoms with E-state index in [0.29, 0.717) is 17.9 Å². The number of thiazole rings is 1. The number of nitrogens with one attached hydrogen (secondary N) is 2. The molecule has 2 aromatic heterocycles. The molecule has 1 aromatic carbocycles. The van der Waals surface area contributed by atoms with E-state index in [1.807, 2.05) is 28.4 Å². The van der Waals surface area contributed by atoms with Crippen LogP contribution in [0.4, 0.5) is 0 Å². The summed E-state index contributed by atoms with van der Waals surface area (Å²) in [6.07, 6.45) is 5.90. The molecule has 29 heavy (non-hydrogen) atoms. The first-order valence-electron chi connectivity index (χ1n) is 8.45. The molecule has 12 heteroatoms. The Hall–Kier alpha value is -1.30. The summed E-state index contributed by atoms with van der Waals surface area (Å²) < 4.78 is 29.9. The molecular formula is C17H18Cl2N4O3S3. The SMILES string of the molecule is CSCCC(NS(=O)(=O)c1cc(Cl)ccc1Cl)C(=O)NCc1cn2ccsc2n1. The first kappa shape index (κ1) is 22.4. The summed E-state index contributed by atoms with van der Waals surface area (Å²) >= 11 is 14.9. The standard InChI is InChI=1S/C17H18Cl2N4O3S3/c1-27-6-4-14(22-29(25,26)15-8-11(18)2-3-13(15)19)16(24)20-9-12-10-23-5-7-28-17(23)21-12/h2-3,5,7-8,10,14,22H,4,6,9H2,1H3,(H,20,24). The molecule has 0 aliphatic heterocycles. The second kappa shape index (κ2) is 9.67. The summed E-state index contributed by atoms with van der Waals surface area (Å²) in [5.41, 5.74) is 0.689. The number of sulfonamides is 1. The van der Waals surface area contributed by atoms with Crippen LogP contribution in [0.1, 0.15) is 12.1 Å². The highest BCUT2D eigenvalue weighted by Gasteiger charge is 2.27. The van der Waals surface area contributed by atoms with E-state index in [-0.39, 0.29) is 21.5 Å². The van der Waals surface area contributed by atoms with Crippen molar-refractivity contribution in [3.63, 3.8) is 0 Å². The smallest absolute Gasteiger partial charge is 0.242 e. The lowest BCUT2D eigenvalue weighted by atomic mass is 10.2. The summed E-state index contributed by atoms with van der Waals surface area (Å²) in [6, 6.07) is 3.20. The summed E-state index contributed by atoms with van der Waals surface area (Å²) in [6.45, 7) is 0.197. The molecule has 7 nitrogen and oxygen atoms in total. The number of benzene rings is 1. The number of carbonyl (C=O) groups excluding carboxylic acids is 1. The Kier molecular flexibility index (Phi) is 7.47. The molecule has 0 fully saturated rings. The minimum Gasteiger partial charge on any atom is -0.349 e.